The number of piperidine rings is 1. The summed E-state index contributed by atoms with van der Waals surface area (Å²) in [5.41, 5.74) is 0. The zero-order valence-electron chi connectivity index (χ0n) is 10.6. The van der Waals surface area contributed by atoms with Crippen LogP contribution in [0.25, 0.3) is 0 Å². The molecule has 16 heavy (non-hydrogen) atoms. The Labute approximate surface area is 99.5 Å². The Bertz CT molecular complexity index is 243. The highest BCUT2D eigenvalue weighted by molar-refractivity contribution is 4.97. The molecular weight excluding hydrogens is 198 g/mol. The molecule has 1 aliphatic heterocycles. The summed E-state index contributed by atoms with van der Waals surface area (Å²) in [4.78, 5) is 0. The molecule has 92 valence electrons. The number of hydrogen-bond donors (Lipinski definition) is 1. The molecule has 2 atom stereocenters. The van der Waals surface area contributed by atoms with Gasteiger partial charge in [0.25, 0.3) is 0 Å². The molecule has 1 saturated heterocycles. The van der Waals surface area contributed by atoms with Gasteiger partial charge >= 0.3 is 0 Å². The lowest BCUT2D eigenvalue weighted by atomic mass is 9.86. The molecule has 0 amide bonds. The Kier molecular flexibility index (Phi) is 4.04. The smallest absolute Gasteiger partial charge is 0.108 e. The van der Waals surface area contributed by atoms with Gasteiger partial charge in [0, 0.05) is 13.0 Å². The summed E-state index contributed by atoms with van der Waals surface area (Å²) in [6.45, 7) is 3.05. The Morgan fingerprint density at radius 2 is 2.00 bits per heavy atom. The van der Waals surface area contributed by atoms with Crippen LogP contribution in [0.1, 0.15) is 38.5 Å². The summed E-state index contributed by atoms with van der Waals surface area (Å²) in [5, 5.41) is 9.05. The minimum absolute atomic E-state index is 0.356. The molecule has 0 spiro atoms. The maximum Gasteiger partial charge on any atom is 0.108 e. The fourth-order valence-corrected chi connectivity index (χ4v) is 3.39. The topological polar surface area (TPSA) is 20.2 Å². The highest BCUT2D eigenvalue weighted by atomic mass is 16.3. The minimum atomic E-state index is 0.356. The van der Waals surface area contributed by atoms with E-state index in [0.29, 0.717) is 12.6 Å². The fraction of sp³-hybridized carbons (Fsp3) is 0.857. The number of nitrogens with zero attached hydrogens (tertiary/aromatic N) is 1. The predicted molar refractivity (Wildman–Crippen MR) is 67.1 cm³/mol. The molecule has 0 aromatic rings. The van der Waals surface area contributed by atoms with Crippen LogP contribution in [-0.2, 0) is 0 Å². The highest BCUT2D eigenvalue weighted by Crippen LogP contribution is 2.30. The van der Waals surface area contributed by atoms with Crippen LogP contribution in [0.3, 0.4) is 0 Å². The summed E-state index contributed by atoms with van der Waals surface area (Å²) >= 11 is 0. The number of aliphatic hydroxyl groups is 1. The first-order valence-electron chi connectivity index (χ1n) is 6.86. The van der Waals surface area contributed by atoms with Crippen LogP contribution in [0.2, 0.25) is 0 Å². The van der Waals surface area contributed by atoms with Crippen LogP contribution in [0.5, 0.6) is 0 Å². The van der Waals surface area contributed by atoms with Crippen molar-refractivity contribution in [2.24, 2.45) is 5.92 Å². The van der Waals surface area contributed by atoms with E-state index in [2.05, 4.69) is 19.2 Å². The Hall–Kier alpha value is -0.340. The maximum absolute atomic E-state index is 9.05. The average Bonchev–Trinajstić information content (AvgIpc) is 2.31. The van der Waals surface area contributed by atoms with Gasteiger partial charge in [-0.05, 0) is 44.1 Å². The molecule has 2 rings (SSSR count). The quantitative estimate of drug-likeness (QED) is 0.576. The molecule has 0 aromatic heterocycles. The third-order valence-corrected chi connectivity index (χ3v) is 4.58. The van der Waals surface area contributed by atoms with E-state index < -0.39 is 0 Å². The number of rotatable bonds is 3. The zero-order chi connectivity index (χ0) is 11.4. The van der Waals surface area contributed by atoms with Gasteiger partial charge in [-0.25, -0.2) is 0 Å². The summed E-state index contributed by atoms with van der Waals surface area (Å²) in [6.07, 6.45) is 12.5. The summed E-state index contributed by atoms with van der Waals surface area (Å²) in [6, 6.07) is 0.714. The molecule has 1 N–H and O–H groups in total. The van der Waals surface area contributed by atoms with Gasteiger partial charge in [0.05, 0.1) is 20.1 Å². The van der Waals surface area contributed by atoms with E-state index in [-0.39, 0.29) is 0 Å². The summed E-state index contributed by atoms with van der Waals surface area (Å²) < 4.78 is 1.25. The minimum Gasteiger partial charge on any atom is -0.396 e. The molecule has 2 heteroatoms. The summed E-state index contributed by atoms with van der Waals surface area (Å²) in [7, 11) is 2.43. The SMILES string of the molecule is C[N+]1(C2C=CCC(CCO)C2)CCCCC1. The van der Waals surface area contributed by atoms with Gasteiger partial charge in [0.1, 0.15) is 6.04 Å². The van der Waals surface area contributed by atoms with Crippen molar-refractivity contribution < 1.29 is 9.59 Å². The third-order valence-electron chi connectivity index (χ3n) is 4.58. The third kappa shape index (κ3) is 2.67. The second kappa shape index (κ2) is 5.33. The maximum atomic E-state index is 9.05. The first kappa shape index (κ1) is 12.1. The van der Waals surface area contributed by atoms with E-state index in [1.54, 1.807) is 0 Å². The van der Waals surface area contributed by atoms with Gasteiger partial charge in [-0.15, -0.1) is 0 Å². The fourth-order valence-electron chi connectivity index (χ4n) is 3.39. The van der Waals surface area contributed by atoms with E-state index in [1.807, 2.05) is 0 Å². The molecular formula is C14H26NO+. The van der Waals surface area contributed by atoms with E-state index in [4.69, 9.17) is 5.11 Å². The Morgan fingerprint density at radius 1 is 1.25 bits per heavy atom. The summed E-state index contributed by atoms with van der Waals surface area (Å²) in [5.74, 6) is 0.719. The Balaban J connectivity index is 1.97. The lowest BCUT2D eigenvalue weighted by molar-refractivity contribution is -0.932. The van der Waals surface area contributed by atoms with Gasteiger partial charge < -0.3 is 9.59 Å². The normalized spacial score (nSPS) is 33.9. The van der Waals surface area contributed by atoms with Crippen molar-refractivity contribution in [1.82, 2.24) is 0 Å². The molecule has 1 heterocycles. The number of aliphatic hydroxyl groups excluding tert-OH is 1. The van der Waals surface area contributed by atoms with E-state index >= 15 is 0 Å². The van der Waals surface area contributed by atoms with Crippen molar-refractivity contribution in [1.29, 1.82) is 0 Å². The van der Waals surface area contributed by atoms with Crippen LogP contribution >= 0.6 is 0 Å². The second-order valence-corrected chi connectivity index (χ2v) is 5.83. The van der Waals surface area contributed by atoms with Crippen molar-refractivity contribution in [2.75, 3.05) is 26.7 Å². The first-order valence-corrected chi connectivity index (χ1v) is 6.86. The Morgan fingerprint density at radius 3 is 2.69 bits per heavy atom. The average molecular weight is 224 g/mol. The van der Waals surface area contributed by atoms with E-state index in [0.717, 1.165) is 12.3 Å². The molecule has 2 nitrogen and oxygen atoms in total. The lowest BCUT2D eigenvalue weighted by Gasteiger charge is -2.45. The molecule has 1 fully saturated rings. The molecule has 0 bridgehead atoms. The highest BCUT2D eigenvalue weighted by Gasteiger charge is 2.35. The van der Waals surface area contributed by atoms with Crippen LogP contribution in [-0.4, -0.2) is 42.4 Å². The van der Waals surface area contributed by atoms with E-state index in [1.165, 1.54) is 49.7 Å². The monoisotopic (exact) mass is 224 g/mol. The van der Waals surface area contributed by atoms with Gasteiger partial charge in [0.15, 0.2) is 0 Å². The van der Waals surface area contributed by atoms with E-state index in [9.17, 15) is 0 Å². The van der Waals surface area contributed by atoms with Crippen LogP contribution in [0, 0.1) is 5.92 Å². The van der Waals surface area contributed by atoms with Crippen molar-refractivity contribution in [2.45, 2.75) is 44.6 Å². The van der Waals surface area contributed by atoms with Crippen LogP contribution in [0.4, 0.5) is 0 Å². The van der Waals surface area contributed by atoms with Crippen LogP contribution in [0.15, 0.2) is 12.2 Å². The molecule has 0 saturated carbocycles. The largest absolute Gasteiger partial charge is 0.396 e. The standard InChI is InChI=1S/C14H26NO/c1-15(9-3-2-4-10-15)14-7-5-6-13(12-14)8-11-16/h5,7,13-14,16H,2-4,6,8-12H2,1H3/q+1. The van der Waals surface area contributed by atoms with Crippen molar-refractivity contribution in [3.05, 3.63) is 12.2 Å². The molecule has 1 aliphatic carbocycles. The number of likely N-dealkylation sites (N-methyl/N-ethyl adjacent to an activating group) is 1. The first-order chi connectivity index (χ1) is 7.74. The molecule has 2 unspecified atom stereocenters. The van der Waals surface area contributed by atoms with Crippen molar-refractivity contribution >= 4 is 0 Å². The van der Waals surface area contributed by atoms with Gasteiger partial charge in [-0.1, -0.05) is 6.08 Å². The van der Waals surface area contributed by atoms with Gasteiger partial charge in [-0.2, -0.15) is 0 Å². The number of quaternary nitrogens is 1. The predicted octanol–water partition coefficient (Wildman–Crippen LogP) is 2.33. The number of hydrogen-bond acceptors (Lipinski definition) is 1. The second-order valence-electron chi connectivity index (χ2n) is 5.83. The number of allylic oxidation sites excluding steroid dienone is 1. The van der Waals surface area contributed by atoms with Gasteiger partial charge in [-0.3, -0.25) is 0 Å². The van der Waals surface area contributed by atoms with Crippen molar-refractivity contribution in [3.63, 3.8) is 0 Å². The lowest BCUT2D eigenvalue weighted by Crippen LogP contribution is -2.55. The van der Waals surface area contributed by atoms with Crippen molar-refractivity contribution in [3.8, 4) is 0 Å². The van der Waals surface area contributed by atoms with Crippen LogP contribution < -0.4 is 0 Å². The van der Waals surface area contributed by atoms with Gasteiger partial charge in [0.2, 0.25) is 0 Å². The number of likely N-dealkylation sites (tertiary alicyclic amines) is 1. The molecule has 2 aliphatic rings. The molecule has 0 aromatic carbocycles. The molecule has 0 radical (unpaired) electrons. The zero-order valence-corrected chi connectivity index (χ0v) is 10.6.